The van der Waals surface area contributed by atoms with Crippen LogP contribution >= 0.6 is 0 Å². The number of hydrogen-bond acceptors (Lipinski definition) is 5. The summed E-state index contributed by atoms with van der Waals surface area (Å²) in [5.74, 6) is -1.74. The van der Waals surface area contributed by atoms with Gasteiger partial charge in [0.15, 0.2) is 0 Å². The number of carbonyl (C=O) groups excluding carboxylic acids is 1. The number of carbonyl (C=O) groups is 2. The second kappa shape index (κ2) is 6.16. The van der Waals surface area contributed by atoms with E-state index in [1.165, 1.54) is 13.8 Å². The quantitative estimate of drug-likeness (QED) is 0.522. The van der Waals surface area contributed by atoms with Gasteiger partial charge in [0, 0.05) is 12.0 Å². The van der Waals surface area contributed by atoms with Crippen LogP contribution in [0, 0.1) is 10.3 Å². The van der Waals surface area contributed by atoms with E-state index in [1.54, 1.807) is 0 Å². The van der Waals surface area contributed by atoms with E-state index in [4.69, 9.17) is 5.11 Å². The fourth-order valence-electron chi connectivity index (χ4n) is 0.997. The van der Waals surface area contributed by atoms with E-state index >= 15 is 0 Å². The largest absolute Gasteiger partial charge is 0.481 e. The summed E-state index contributed by atoms with van der Waals surface area (Å²) in [5.41, 5.74) is -0.963. The molecule has 92 valence electrons. The Hall–Kier alpha value is -1.50. The van der Waals surface area contributed by atoms with Crippen molar-refractivity contribution < 1.29 is 19.8 Å². The Morgan fingerprint density at radius 2 is 2.00 bits per heavy atom. The first kappa shape index (κ1) is 14.5. The van der Waals surface area contributed by atoms with Gasteiger partial charge in [0.25, 0.3) is 0 Å². The number of aliphatic carboxylic acids is 1. The van der Waals surface area contributed by atoms with Crippen molar-refractivity contribution in [3.8, 4) is 0 Å². The summed E-state index contributed by atoms with van der Waals surface area (Å²) >= 11 is 0. The Labute approximate surface area is 92.8 Å². The SMILES string of the molecule is CC(C)(CN=O)C(O)C(=O)NCCC(=O)O. The van der Waals surface area contributed by atoms with Crippen molar-refractivity contribution in [1.29, 1.82) is 0 Å². The van der Waals surface area contributed by atoms with Crippen LogP contribution in [0.4, 0.5) is 0 Å². The summed E-state index contributed by atoms with van der Waals surface area (Å²) in [6.45, 7) is 2.79. The average Bonchev–Trinajstić information content (AvgIpc) is 2.15. The number of nitrogens with zero attached hydrogens (tertiary/aromatic N) is 1. The van der Waals surface area contributed by atoms with Gasteiger partial charge in [-0.15, -0.1) is 0 Å². The minimum atomic E-state index is -1.39. The summed E-state index contributed by atoms with van der Waals surface area (Å²) in [6.07, 6.45) is -1.61. The Balaban J connectivity index is 4.17. The summed E-state index contributed by atoms with van der Waals surface area (Å²) in [6, 6.07) is 0. The van der Waals surface area contributed by atoms with Crippen LogP contribution in [-0.4, -0.2) is 41.3 Å². The molecule has 7 nitrogen and oxygen atoms in total. The second-order valence-electron chi connectivity index (χ2n) is 4.11. The molecule has 0 saturated heterocycles. The smallest absolute Gasteiger partial charge is 0.305 e. The highest BCUT2D eigenvalue weighted by Gasteiger charge is 2.33. The van der Waals surface area contributed by atoms with Crippen LogP contribution in [0.2, 0.25) is 0 Å². The van der Waals surface area contributed by atoms with Crippen molar-refractivity contribution in [1.82, 2.24) is 5.32 Å². The van der Waals surface area contributed by atoms with Crippen molar-refractivity contribution in [3.05, 3.63) is 4.91 Å². The number of rotatable bonds is 7. The minimum absolute atomic E-state index is 0.0597. The lowest BCUT2D eigenvalue weighted by molar-refractivity contribution is -0.137. The third kappa shape index (κ3) is 4.83. The van der Waals surface area contributed by atoms with Gasteiger partial charge in [-0.1, -0.05) is 19.0 Å². The molecule has 1 atom stereocenters. The van der Waals surface area contributed by atoms with Gasteiger partial charge in [-0.25, -0.2) is 0 Å². The predicted octanol–water partition coefficient (Wildman–Crippen LogP) is -0.269. The van der Waals surface area contributed by atoms with E-state index in [1.807, 2.05) is 0 Å². The van der Waals surface area contributed by atoms with E-state index in [0.29, 0.717) is 0 Å². The maximum Gasteiger partial charge on any atom is 0.305 e. The molecule has 0 aromatic heterocycles. The Bertz CT molecular complexity index is 277. The molecule has 0 bridgehead atoms. The normalized spacial score (nSPS) is 12.9. The van der Waals surface area contributed by atoms with Gasteiger partial charge < -0.3 is 15.5 Å². The fourth-order valence-corrected chi connectivity index (χ4v) is 0.997. The zero-order valence-corrected chi connectivity index (χ0v) is 9.27. The number of aliphatic hydroxyl groups is 1. The number of hydrogen-bond donors (Lipinski definition) is 3. The third-order valence-electron chi connectivity index (χ3n) is 2.10. The van der Waals surface area contributed by atoms with Crippen molar-refractivity contribution in [2.75, 3.05) is 13.1 Å². The maximum atomic E-state index is 11.3. The van der Waals surface area contributed by atoms with Gasteiger partial charge in [-0.05, 0) is 0 Å². The molecule has 0 aliphatic carbocycles. The number of amides is 1. The third-order valence-corrected chi connectivity index (χ3v) is 2.10. The second-order valence-corrected chi connectivity index (χ2v) is 4.11. The molecular weight excluding hydrogens is 216 g/mol. The zero-order chi connectivity index (χ0) is 12.8. The average molecular weight is 232 g/mol. The van der Waals surface area contributed by atoms with Crippen molar-refractivity contribution >= 4 is 11.9 Å². The monoisotopic (exact) mass is 232 g/mol. The van der Waals surface area contributed by atoms with Gasteiger partial charge in [0.1, 0.15) is 6.10 Å². The molecular formula is C9H16N2O5. The fraction of sp³-hybridized carbons (Fsp3) is 0.778. The highest BCUT2D eigenvalue weighted by Crippen LogP contribution is 2.21. The first-order valence-corrected chi connectivity index (χ1v) is 4.78. The number of nitroso groups, excluding NO2 is 1. The number of nitrogens with one attached hydrogen (secondary N) is 1. The Kier molecular flexibility index (Phi) is 5.59. The lowest BCUT2D eigenvalue weighted by Crippen LogP contribution is -2.45. The van der Waals surface area contributed by atoms with Gasteiger partial charge in [-0.2, -0.15) is 4.91 Å². The Morgan fingerprint density at radius 1 is 1.44 bits per heavy atom. The molecule has 0 aliphatic rings. The first-order chi connectivity index (χ1) is 7.31. The van der Waals surface area contributed by atoms with Gasteiger partial charge in [0.2, 0.25) is 5.91 Å². The molecule has 0 rings (SSSR count). The molecule has 1 unspecified atom stereocenters. The molecule has 0 spiro atoms. The lowest BCUT2D eigenvalue weighted by atomic mass is 9.86. The molecule has 1 amide bonds. The Morgan fingerprint density at radius 3 is 2.44 bits per heavy atom. The molecule has 0 radical (unpaired) electrons. The van der Waals surface area contributed by atoms with Gasteiger partial charge >= 0.3 is 5.97 Å². The highest BCUT2D eigenvalue weighted by atomic mass is 16.4. The van der Waals surface area contributed by atoms with E-state index in [2.05, 4.69) is 10.5 Å². The predicted molar refractivity (Wildman–Crippen MR) is 55.7 cm³/mol. The minimum Gasteiger partial charge on any atom is -0.481 e. The molecule has 0 saturated carbocycles. The van der Waals surface area contributed by atoms with E-state index in [0.717, 1.165) is 0 Å². The number of carboxylic acids is 1. The van der Waals surface area contributed by atoms with E-state index in [-0.39, 0.29) is 19.5 Å². The van der Waals surface area contributed by atoms with Crippen LogP contribution in [0.1, 0.15) is 20.3 Å². The summed E-state index contributed by atoms with van der Waals surface area (Å²) in [5, 5.41) is 22.8. The lowest BCUT2D eigenvalue weighted by Gasteiger charge is -2.26. The molecule has 16 heavy (non-hydrogen) atoms. The number of aliphatic hydroxyl groups excluding tert-OH is 1. The summed E-state index contributed by atoms with van der Waals surface area (Å²) in [7, 11) is 0. The standard InChI is InChI=1S/C9H16N2O5/c1-9(2,5-11-16)7(14)8(15)10-4-3-6(12)13/h7,14H,3-5H2,1-2H3,(H,10,15)(H,12,13). The van der Waals surface area contributed by atoms with Crippen molar-refractivity contribution in [2.45, 2.75) is 26.4 Å². The molecule has 0 fully saturated rings. The molecule has 0 heterocycles. The molecule has 0 aromatic rings. The van der Waals surface area contributed by atoms with Crippen LogP contribution in [0.25, 0.3) is 0 Å². The van der Waals surface area contributed by atoms with Crippen molar-refractivity contribution in [3.63, 3.8) is 0 Å². The molecule has 0 aliphatic heterocycles. The van der Waals surface area contributed by atoms with E-state index in [9.17, 15) is 19.6 Å². The maximum absolute atomic E-state index is 11.3. The van der Waals surface area contributed by atoms with Crippen LogP contribution in [0.5, 0.6) is 0 Å². The summed E-state index contributed by atoms with van der Waals surface area (Å²) < 4.78 is 0. The molecule has 7 heteroatoms. The molecule has 3 N–H and O–H groups in total. The topological polar surface area (TPSA) is 116 Å². The van der Waals surface area contributed by atoms with Crippen LogP contribution in [0.15, 0.2) is 5.18 Å². The number of carboxylic acid groups (broad SMARTS) is 1. The van der Waals surface area contributed by atoms with Crippen LogP contribution in [-0.2, 0) is 9.59 Å². The first-order valence-electron chi connectivity index (χ1n) is 4.78. The summed E-state index contributed by atoms with van der Waals surface area (Å²) in [4.78, 5) is 31.6. The van der Waals surface area contributed by atoms with Gasteiger partial charge in [-0.3, -0.25) is 9.59 Å². The van der Waals surface area contributed by atoms with E-state index < -0.39 is 23.4 Å². The van der Waals surface area contributed by atoms with Crippen LogP contribution in [0.3, 0.4) is 0 Å². The van der Waals surface area contributed by atoms with Gasteiger partial charge in [0.05, 0.1) is 13.0 Å². The molecule has 0 aromatic carbocycles. The van der Waals surface area contributed by atoms with Crippen LogP contribution < -0.4 is 5.32 Å². The highest BCUT2D eigenvalue weighted by molar-refractivity contribution is 5.81. The van der Waals surface area contributed by atoms with Crippen molar-refractivity contribution in [2.24, 2.45) is 10.6 Å². The zero-order valence-electron chi connectivity index (χ0n) is 9.27.